The van der Waals surface area contributed by atoms with Crippen molar-refractivity contribution in [2.24, 2.45) is 0 Å². The number of hydrogen-bond acceptors (Lipinski definition) is 4. The molecule has 0 aliphatic carbocycles. The number of sulfonamides is 1. The van der Waals surface area contributed by atoms with Crippen molar-refractivity contribution in [1.82, 2.24) is 10.2 Å². The normalized spacial score (nSPS) is 12.2. The molecule has 2 aromatic rings. The molecule has 0 aliphatic heterocycles. The molecule has 0 saturated carbocycles. The number of halogens is 1. The van der Waals surface area contributed by atoms with Crippen LogP contribution < -0.4 is 9.62 Å². The average molecular weight is 508 g/mol. The van der Waals surface area contributed by atoms with Gasteiger partial charge in [-0.1, -0.05) is 29.8 Å². The molecule has 7 nitrogen and oxygen atoms in total. The first-order valence-electron chi connectivity index (χ1n) is 11.3. The average Bonchev–Trinajstić information content (AvgIpc) is 2.73. The summed E-state index contributed by atoms with van der Waals surface area (Å²) >= 11 is 6.10. The summed E-state index contributed by atoms with van der Waals surface area (Å²) in [5.41, 5.74) is 3.32. The molecule has 0 aromatic heterocycles. The predicted molar refractivity (Wildman–Crippen MR) is 137 cm³/mol. The molecule has 0 fully saturated rings. The first-order chi connectivity index (χ1) is 15.9. The van der Waals surface area contributed by atoms with Gasteiger partial charge in [-0.25, -0.2) is 8.42 Å². The highest BCUT2D eigenvalue weighted by atomic mass is 35.5. The number of likely N-dealkylation sites (N-methyl/N-ethyl adjacent to an activating group) is 1. The van der Waals surface area contributed by atoms with Gasteiger partial charge in [-0.15, -0.1) is 0 Å². The van der Waals surface area contributed by atoms with Gasteiger partial charge < -0.3 is 10.2 Å². The van der Waals surface area contributed by atoms with E-state index in [1.807, 2.05) is 45.0 Å². The minimum atomic E-state index is -3.53. The van der Waals surface area contributed by atoms with E-state index in [4.69, 9.17) is 11.6 Å². The summed E-state index contributed by atoms with van der Waals surface area (Å²) in [5.74, 6) is -0.474. The summed E-state index contributed by atoms with van der Waals surface area (Å²) in [4.78, 5) is 27.2. The van der Waals surface area contributed by atoms with Gasteiger partial charge in [0.1, 0.15) is 6.04 Å². The van der Waals surface area contributed by atoms with Crippen molar-refractivity contribution < 1.29 is 18.0 Å². The SMILES string of the molecule is CCNC(=O)C(C)N(Cc1cccc(Cl)c1)C(=O)CCCN(c1cc(C)cc(C)c1)S(C)(=O)=O. The van der Waals surface area contributed by atoms with Crippen LogP contribution in [0, 0.1) is 13.8 Å². The van der Waals surface area contributed by atoms with Crippen molar-refractivity contribution in [1.29, 1.82) is 0 Å². The second kappa shape index (κ2) is 12.2. The van der Waals surface area contributed by atoms with E-state index < -0.39 is 16.1 Å². The quantitative estimate of drug-likeness (QED) is 0.497. The number of carbonyl (C=O) groups is 2. The molecule has 1 N–H and O–H groups in total. The topological polar surface area (TPSA) is 86.8 Å². The smallest absolute Gasteiger partial charge is 0.242 e. The Morgan fingerprint density at radius 3 is 2.29 bits per heavy atom. The predicted octanol–water partition coefficient (Wildman–Crippen LogP) is 4.06. The Labute approximate surface area is 208 Å². The van der Waals surface area contributed by atoms with Gasteiger partial charge in [-0.3, -0.25) is 13.9 Å². The molecule has 0 saturated heterocycles. The van der Waals surface area contributed by atoms with Gasteiger partial charge in [-0.05, 0) is 75.1 Å². The highest BCUT2D eigenvalue weighted by Gasteiger charge is 2.26. The summed E-state index contributed by atoms with van der Waals surface area (Å²) in [6.45, 7) is 8.18. The Hall–Kier alpha value is -2.58. The second-order valence-electron chi connectivity index (χ2n) is 8.51. The zero-order chi connectivity index (χ0) is 25.5. The number of aryl methyl sites for hydroxylation is 2. The van der Waals surface area contributed by atoms with E-state index in [-0.39, 0.29) is 31.3 Å². The van der Waals surface area contributed by atoms with Crippen molar-refractivity contribution in [2.75, 3.05) is 23.7 Å². The van der Waals surface area contributed by atoms with E-state index >= 15 is 0 Å². The van der Waals surface area contributed by atoms with Crippen LogP contribution >= 0.6 is 11.6 Å². The number of nitrogens with one attached hydrogen (secondary N) is 1. The van der Waals surface area contributed by atoms with E-state index in [1.165, 1.54) is 9.21 Å². The van der Waals surface area contributed by atoms with Crippen molar-refractivity contribution in [2.45, 2.75) is 53.1 Å². The number of benzene rings is 2. The zero-order valence-electron chi connectivity index (χ0n) is 20.5. The standard InChI is InChI=1S/C25H34ClN3O4S/c1-6-27-25(31)20(4)28(17-21-9-7-10-22(26)16-21)24(30)11-8-12-29(34(5,32)33)23-14-18(2)13-19(3)15-23/h7,9-10,13-16,20H,6,8,11-12,17H2,1-5H3,(H,27,31). The van der Waals surface area contributed by atoms with Crippen LogP contribution in [-0.4, -0.2) is 50.5 Å². The van der Waals surface area contributed by atoms with Gasteiger partial charge in [0.15, 0.2) is 0 Å². The molecule has 2 rings (SSSR count). The third-order valence-corrected chi connectivity index (χ3v) is 6.84. The van der Waals surface area contributed by atoms with Crippen molar-refractivity contribution >= 4 is 39.1 Å². The van der Waals surface area contributed by atoms with Crippen LogP contribution in [-0.2, 0) is 26.2 Å². The summed E-state index contributed by atoms with van der Waals surface area (Å²) in [7, 11) is -3.53. The maximum absolute atomic E-state index is 13.2. The molecule has 1 unspecified atom stereocenters. The number of anilines is 1. The van der Waals surface area contributed by atoms with Crippen LogP contribution in [0.15, 0.2) is 42.5 Å². The number of nitrogens with zero attached hydrogens (tertiary/aromatic N) is 2. The van der Waals surface area contributed by atoms with Crippen molar-refractivity contribution in [3.63, 3.8) is 0 Å². The highest BCUT2D eigenvalue weighted by Crippen LogP contribution is 2.22. The Bertz CT molecular complexity index is 1100. The molecule has 0 radical (unpaired) electrons. The lowest BCUT2D eigenvalue weighted by Crippen LogP contribution is -2.47. The van der Waals surface area contributed by atoms with E-state index in [0.717, 1.165) is 22.9 Å². The first kappa shape index (κ1) is 27.7. The molecule has 2 aromatic carbocycles. The fraction of sp³-hybridized carbons (Fsp3) is 0.440. The van der Waals surface area contributed by atoms with Crippen LogP contribution in [0.5, 0.6) is 0 Å². The minimum Gasteiger partial charge on any atom is -0.355 e. The molecule has 2 amide bonds. The summed E-state index contributed by atoms with van der Waals surface area (Å²) in [5, 5.41) is 3.31. The lowest BCUT2D eigenvalue weighted by atomic mass is 10.1. The van der Waals surface area contributed by atoms with Crippen LogP contribution in [0.25, 0.3) is 0 Å². The number of hydrogen-bond donors (Lipinski definition) is 1. The molecular weight excluding hydrogens is 474 g/mol. The Morgan fingerprint density at radius 1 is 1.09 bits per heavy atom. The number of rotatable bonds is 11. The largest absolute Gasteiger partial charge is 0.355 e. The maximum atomic E-state index is 13.2. The summed E-state index contributed by atoms with van der Waals surface area (Å²) in [6.07, 6.45) is 1.57. The van der Waals surface area contributed by atoms with E-state index in [0.29, 0.717) is 23.7 Å². The molecule has 0 heterocycles. The molecule has 0 spiro atoms. The van der Waals surface area contributed by atoms with Crippen LogP contribution in [0.4, 0.5) is 5.69 Å². The van der Waals surface area contributed by atoms with Gasteiger partial charge in [-0.2, -0.15) is 0 Å². The lowest BCUT2D eigenvalue weighted by Gasteiger charge is -2.29. The van der Waals surface area contributed by atoms with E-state index in [2.05, 4.69) is 5.32 Å². The van der Waals surface area contributed by atoms with Crippen LogP contribution in [0.2, 0.25) is 5.02 Å². The molecule has 0 aliphatic rings. The zero-order valence-corrected chi connectivity index (χ0v) is 22.0. The Morgan fingerprint density at radius 2 is 1.74 bits per heavy atom. The van der Waals surface area contributed by atoms with Gasteiger partial charge in [0.2, 0.25) is 21.8 Å². The Balaban J connectivity index is 2.18. The molecule has 9 heteroatoms. The molecule has 34 heavy (non-hydrogen) atoms. The summed E-state index contributed by atoms with van der Waals surface area (Å²) in [6, 6.07) is 12.1. The van der Waals surface area contributed by atoms with Gasteiger partial charge in [0, 0.05) is 31.1 Å². The molecule has 186 valence electrons. The summed E-state index contributed by atoms with van der Waals surface area (Å²) < 4.78 is 26.3. The van der Waals surface area contributed by atoms with Gasteiger partial charge >= 0.3 is 0 Å². The van der Waals surface area contributed by atoms with Crippen molar-refractivity contribution in [3.05, 3.63) is 64.2 Å². The van der Waals surface area contributed by atoms with E-state index in [9.17, 15) is 18.0 Å². The lowest BCUT2D eigenvalue weighted by molar-refractivity contribution is -0.140. The fourth-order valence-electron chi connectivity index (χ4n) is 3.84. The fourth-order valence-corrected chi connectivity index (χ4v) is 5.00. The van der Waals surface area contributed by atoms with E-state index in [1.54, 1.807) is 25.1 Å². The highest BCUT2D eigenvalue weighted by molar-refractivity contribution is 7.92. The van der Waals surface area contributed by atoms with Gasteiger partial charge in [0.05, 0.1) is 11.9 Å². The minimum absolute atomic E-state index is 0.0983. The maximum Gasteiger partial charge on any atom is 0.242 e. The second-order valence-corrected chi connectivity index (χ2v) is 10.8. The van der Waals surface area contributed by atoms with Crippen LogP contribution in [0.3, 0.4) is 0 Å². The Kier molecular flexibility index (Phi) is 9.94. The van der Waals surface area contributed by atoms with Crippen LogP contribution in [0.1, 0.15) is 43.4 Å². The third-order valence-electron chi connectivity index (χ3n) is 5.41. The van der Waals surface area contributed by atoms with Gasteiger partial charge in [0.25, 0.3) is 0 Å². The monoisotopic (exact) mass is 507 g/mol. The first-order valence-corrected chi connectivity index (χ1v) is 13.5. The third kappa shape index (κ3) is 8.02. The molecule has 0 bridgehead atoms. The molecular formula is C25H34ClN3O4S. The number of carbonyl (C=O) groups excluding carboxylic acids is 2. The number of amides is 2. The van der Waals surface area contributed by atoms with Crippen molar-refractivity contribution in [3.8, 4) is 0 Å². The molecule has 1 atom stereocenters.